The third kappa shape index (κ3) is 0.904. The van der Waals surface area contributed by atoms with Gasteiger partial charge in [0.05, 0.1) is 0 Å². The lowest BCUT2D eigenvalue weighted by molar-refractivity contribution is -0.119. The molecule has 0 aromatic carbocycles. The molecule has 3 heteroatoms. The summed E-state index contributed by atoms with van der Waals surface area (Å²) in [4.78, 5) is 10.9. The van der Waals surface area contributed by atoms with Crippen LogP contribution in [0.25, 0.3) is 0 Å². The normalized spacial score (nSPS) is 39.0. The molecule has 0 aliphatic carbocycles. The van der Waals surface area contributed by atoms with Crippen molar-refractivity contribution in [1.82, 2.24) is 10.6 Å². The third-order valence-corrected chi connectivity index (χ3v) is 2.42. The predicted molar refractivity (Wildman–Crippen MR) is 37.5 cm³/mol. The van der Waals surface area contributed by atoms with Gasteiger partial charge in [-0.15, -0.1) is 0 Å². The molecule has 10 heavy (non-hydrogen) atoms. The molecule has 0 bridgehead atoms. The van der Waals surface area contributed by atoms with Crippen molar-refractivity contribution in [1.29, 1.82) is 0 Å². The summed E-state index contributed by atoms with van der Waals surface area (Å²) in [5, 5.41) is 6.22. The van der Waals surface area contributed by atoms with Gasteiger partial charge in [-0.25, -0.2) is 0 Å². The van der Waals surface area contributed by atoms with E-state index in [9.17, 15) is 4.79 Å². The molecule has 0 radical (unpaired) electrons. The summed E-state index contributed by atoms with van der Waals surface area (Å²) < 4.78 is 0. The Kier molecular flexibility index (Phi) is 1.38. The monoisotopic (exact) mass is 140 g/mol. The van der Waals surface area contributed by atoms with Gasteiger partial charge in [0.1, 0.15) is 0 Å². The van der Waals surface area contributed by atoms with Crippen LogP contribution in [0.1, 0.15) is 12.8 Å². The molecule has 2 fully saturated rings. The lowest BCUT2D eigenvalue weighted by atomic mass is 9.94. The van der Waals surface area contributed by atoms with Gasteiger partial charge in [-0.05, 0) is 18.9 Å². The molecule has 2 N–H and O–H groups in total. The van der Waals surface area contributed by atoms with Crippen molar-refractivity contribution in [3.8, 4) is 0 Å². The Labute approximate surface area is 60.2 Å². The van der Waals surface area contributed by atoms with Crippen LogP contribution in [0.5, 0.6) is 0 Å². The molecule has 2 heterocycles. The van der Waals surface area contributed by atoms with E-state index in [4.69, 9.17) is 0 Å². The highest BCUT2D eigenvalue weighted by Gasteiger charge is 2.33. The van der Waals surface area contributed by atoms with Crippen molar-refractivity contribution >= 4 is 5.91 Å². The maximum Gasteiger partial charge on any atom is 0.220 e. The lowest BCUT2D eigenvalue weighted by Crippen LogP contribution is -2.44. The topological polar surface area (TPSA) is 41.1 Å². The van der Waals surface area contributed by atoms with E-state index in [0.717, 1.165) is 25.9 Å². The van der Waals surface area contributed by atoms with Crippen molar-refractivity contribution in [3.05, 3.63) is 0 Å². The first-order chi connectivity index (χ1) is 4.86. The smallest absolute Gasteiger partial charge is 0.220 e. The third-order valence-electron chi connectivity index (χ3n) is 2.42. The van der Waals surface area contributed by atoms with Crippen molar-refractivity contribution in [3.63, 3.8) is 0 Å². The minimum Gasteiger partial charge on any atom is -0.352 e. The van der Waals surface area contributed by atoms with Crippen molar-refractivity contribution in [2.75, 3.05) is 13.1 Å². The first-order valence-electron chi connectivity index (χ1n) is 3.86. The summed E-state index contributed by atoms with van der Waals surface area (Å²) in [7, 11) is 0. The van der Waals surface area contributed by atoms with Gasteiger partial charge in [0, 0.05) is 19.0 Å². The van der Waals surface area contributed by atoms with E-state index in [-0.39, 0.29) is 5.91 Å². The van der Waals surface area contributed by atoms with E-state index >= 15 is 0 Å². The molecule has 2 atom stereocenters. The Hall–Kier alpha value is -0.570. The summed E-state index contributed by atoms with van der Waals surface area (Å²) in [6.07, 6.45) is 1.91. The minimum absolute atomic E-state index is 0.235. The van der Waals surface area contributed by atoms with Gasteiger partial charge in [-0.3, -0.25) is 4.79 Å². The summed E-state index contributed by atoms with van der Waals surface area (Å²) in [6, 6.07) is 0.432. The van der Waals surface area contributed by atoms with Crippen LogP contribution in [0.2, 0.25) is 0 Å². The Balaban J connectivity index is 2.04. The number of rotatable bonds is 0. The molecule has 0 spiro atoms. The molecule has 0 saturated carbocycles. The molecule has 2 aliphatic heterocycles. The van der Waals surface area contributed by atoms with Gasteiger partial charge >= 0.3 is 0 Å². The number of hydrogen-bond acceptors (Lipinski definition) is 2. The molecule has 2 rings (SSSR count). The van der Waals surface area contributed by atoms with Crippen LogP contribution in [0.15, 0.2) is 0 Å². The van der Waals surface area contributed by atoms with E-state index in [2.05, 4.69) is 10.6 Å². The number of amides is 1. The molecule has 1 amide bonds. The van der Waals surface area contributed by atoms with Gasteiger partial charge in [-0.1, -0.05) is 0 Å². The van der Waals surface area contributed by atoms with Crippen LogP contribution < -0.4 is 10.6 Å². The fourth-order valence-corrected chi connectivity index (χ4v) is 1.83. The Bertz CT molecular complexity index is 142. The molecule has 0 aromatic heterocycles. The van der Waals surface area contributed by atoms with Gasteiger partial charge in [0.15, 0.2) is 0 Å². The van der Waals surface area contributed by atoms with Crippen molar-refractivity contribution < 1.29 is 4.79 Å². The summed E-state index contributed by atoms with van der Waals surface area (Å²) in [5.74, 6) is 0.854. The highest BCUT2D eigenvalue weighted by Crippen LogP contribution is 2.21. The zero-order valence-corrected chi connectivity index (χ0v) is 5.89. The summed E-state index contributed by atoms with van der Waals surface area (Å²) in [6.45, 7) is 2.05. The molecule has 0 unspecified atom stereocenters. The van der Waals surface area contributed by atoms with Crippen LogP contribution in [0.3, 0.4) is 0 Å². The number of piperidine rings is 1. The second-order valence-corrected chi connectivity index (χ2v) is 3.13. The van der Waals surface area contributed by atoms with Crippen LogP contribution >= 0.6 is 0 Å². The molecular formula is C7H12N2O. The minimum atomic E-state index is 0.235. The molecule has 56 valence electrons. The maximum absolute atomic E-state index is 10.9. The standard InChI is InChI=1S/C7H12N2O/c10-7-3-5-1-2-8-4-6(5)9-7/h5-6,8H,1-4H2,(H,9,10)/t5-,6+/m0/s1. The molecule has 2 saturated heterocycles. The zero-order valence-electron chi connectivity index (χ0n) is 5.89. The van der Waals surface area contributed by atoms with Gasteiger partial charge < -0.3 is 10.6 Å². The molecular weight excluding hydrogens is 128 g/mol. The van der Waals surface area contributed by atoms with E-state index in [1.807, 2.05) is 0 Å². The van der Waals surface area contributed by atoms with Gasteiger partial charge in [-0.2, -0.15) is 0 Å². The fourth-order valence-electron chi connectivity index (χ4n) is 1.83. The first-order valence-corrected chi connectivity index (χ1v) is 3.86. The Morgan fingerprint density at radius 2 is 2.40 bits per heavy atom. The molecule has 0 aromatic rings. The number of nitrogens with one attached hydrogen (secondary N) is 2. The predicted octanol–water partition coefficient (Wildman–Crippen LogP) is -0.516. The Morgan fingerprint density at radius 3 is 3.20 bits per heavy atom. The van der Waals surface area contributed by atoms with Crippen molar-refractivity contribution in [2.24, 2.45) is 5.92 Å². The SMILES string of the molecule is O=C1C[C@@H]2CCNC[C@H]2N1. The van der Waals surface area contributed by atoms with E-state index in [1.54, 1.807) is 0 Å². The number of fused-ring (bicyclic) bond motifs is 1. The van der Waals surface area contributed by atoms with Crippen LogP contribution in [-0.2, 0) is 4.79 Å². The number of hydrogen-bond donors (Lipinski definition) is 2. The second-order valence-electron chi connectivity index (χ2n) is 3.13. The number of carbonyl (C=O) groups is 1. The summed E-state index contributed by atoms with van der Waals surface area (Å²) >= 11 is 0. The summed E-state index contributed by atoms with van der Waals surface area (Å²) in [5.41, 5.74) is 0. The van der Waals surface area contributed by atoms with E-state index in [0.29, 0.717) is 12.0 Å². The Morgan fingerprint density at radius 1 is 1.50 bits per heavy atom. The van der Waals surface area contributed by atoms with E-state index in [1.165, 1.54) is 0 Å². The molecule has 2 aliphatic rings. The highest BCUT2D eigenvalue weighted by molar-refractivity contribution is 5.79. The van der Waals surface area contributed by atoms with Crippen LogP contribution in [0, 0.1) is 5.92 Å². The second kappa shape index (κ2) is 2.23. The maximum atomic E-state index is 10.9. The largest absolute Gasteiger partial charge is 0.352 e. The highest BCUT2D eigenvalue weighted by atomic mass is 16.2. The zero-order chi connectivity index (χ0) is 6.97. The van der Waals surface area contributed by atoms with Crippen LogP contribution in [-0.4, -0.2) is 25.0 Å². The quantitative estimate of drug-likeness (QED) is 0.475. The number of carbonyl (C=O) groups excluding carboxylic acids is 1. The average Bonchev–Trinajstić information content (AvgIpc) is 2.27. The average molecular weight is 140 g/mol. The van der Waals surface area contributed by atoms with Crippen molar-refractivity contribution in [2.45, 2.75) is 18.9 Å². The van der Waals surface area contributed by atoms with Crippen LogP contribution in [0.4, 0.5) is 0 Å². The lowest BCUT2D eigenvalue weighted by Gasteiger charge is -2.24. The first kappa shape index (κ1) is 6.16. The molecule has 3 nitrogen and oxygen atoms in total. The van der Waals surface area contributed by atoms with Gasteiger partial charge in [0.2, 0.25) is 5.91 Å². The van der Waals surface area contributed by atoms with Gasteiger partial charge in [0.25, 0.3) is 0 Å². The van der Waals surface area contributed by atoms with E-state index < -0.39 is 0 Å². The fraction of sp³-hybridized carbons (Fsp3) is 0.857.